The molecule has 0 spiro atoms. The molecule has 0 amide bonds. The lowest BCUT2D eigenvalue weighted by Gasteiger charge is -2.37. The zero-order chi connectivity index (χ0) is 9.80. The van der Waals surface area contributed by atoms with Gasteiger partial charge in [-0.05, 0) is 13.0 Å². The lowest BCUT2D eigenvalue weighted by atomic mass is 10.2. The number of piperazine rings is 1. The maximum Gasteiger partial charge on any atom is 0.0558 e. The third-order valence-electron chi connectivity index (χ3n) is 3.37. The number of β-amino-alcohol motifs (C(OH)–C–C–N with tert-alkyl or cyclic N) is 1. The molecule has 6 heteroatoms. The molecule has 0 radical (unpaired) electrons. The van der Waals surface area contributed by atoms with Crippen LogP contribution in [0.5, 0.6) is 0 Å². The van der Waals surface area contributed by atoms with E-state index in [0.29, 0.717) is 6.61 Å². The van der Waals surface area contributed by atoms with Crippen LogP contribution >= 0.6 is 34.0 Å². The molecule has 2 aliphatic heterocycles. The van der Waals surface area contributed by atoms with Gasteiger partial charge in [0.2, 0.25) is 0 Å². The standard InChI is InChI=1S/C10H21N3O.2BrH/c14-8-7-12-3-5-13(6-4-12)10-1-2-11-9-10;;/h10-11,14H,1-9H2;2*1H/t10-;;/m0../s1. The molecule has 4 nitrogen and oxygen atoms in total. The van der Waals surface area contributed by atoms with Gasteiger partial charge in [0.25, 0.3) is 0 Å². The molecule has 16 heavy (non-hydrogen) atoms. The topological polar surface area (TPSA) is 38.7 Å². The Morgan fingerprint density at radius 3 is 2.31 bits per heavy atom. The van der Waals surface area contributed by atoms with Crippen LogP contribution in [0, 0.1) is 0 Å². The van der Waals surface area contributed by atoms with Crippen molar-refractivity contribution in [2.45, 2.75) is 12.5 Å². The predicted octanol–water partition coefficient (Wildman–Crippen LogP) is 0.114. The smallest absolute Gasteiger partial charge is 0.0558 e. The second kappa shape index (κ2) is 8.83. The minimum atomic E-state index is 0. The molecule has 0 aromatic rings. The summed E-state index contributed by atoms with van der Waals surface area (Å²) in [6.45, 7) is 8.08. The molecule has 0 aliphatic carbocycles. The van der Waals surface area contributed by atoms with Gasteiger partial charge in [-0.15, -0.1) is 34.0 Å². The van der Waals surface area contributed by atoms with E-state index in [1.807, 2.05) is 0 Å². The Bertz CT molecular complexity index is 171. The first-order valence-corrected chi connectivity index (χ1v) is 5.68. The van der Waals surface area contributed by atoms with Crippen LogP contribution < -0.4 is 5.32 Å². The van der Waals surface area contributed by atoms with E-state index in [1.54, 1.807) is 0 Å². The van der Waals surface area contributed by atoms with Gasteiger partial charge in [-0.1, -0.05) is 0 Å². The van der Waals surface area contributed by atoms with Crippen molar-refractivity contribution in [3.8, 4) is 0 Å². The monoisotopic (exact) mass is 359 g/mol. The normalized spacial score (nSPS) is 27.2. The van der Waals surface area contributed by atoms with Gasteiger partial charge >= 0.3 is 0 Å². The van der Waals surface area contributed by atoms with Crippen molar-refractivity contribution < 1.29 is 5.11 Å². The number of hydrogen-bond donors (Lipinski definition) is 2. The van der Waals surface area contributed by atoms with Crippen LogP contribution in [0.25, 0.3) is 0 Å². The van der Waals surface area contributed by atoms with Gasteiger partial charge in [0.15, 0.2) is 0 Å². The van der Waals surface area contributed by atoms with Crippen LogP contribution in [-0.4, -0.2) is 73.4 Å². The molecular weight excluding hydrogens is 338 g/mol. The Morgan fingerprint density at radius 1 is 1.12 bits per heavy atom. The third-order valence-corrected chi connectivity index (χ3v) is 3.37. The van der Waals surface area contributed by atoms with E-state index in [2.05, 4.69) is 15.1 Å². The quantitative estimate of drug-likeness (QED) is 0.749. The molecule has 1 atom stereocenters. The van der Waals surface area contributed by atoms with Crippen molar-refractivity contribution in [3.63, 3.8) is 0 Å². The van der Waals surface area contributed by atoms with E-state index in [9.17, 15) is 0 Å². The van der Waals surface area contributed by atoms with Gasteiger partial charge in [0.1, 0.15) is 0 Å². The Hall–Kier alpha value is 0.800. The highest BCUT2D eigenvalue weighted by atomic mass is 79.9. The van der Waals surface area contributed by atoms with Crippen LogP contribution in [0.4, 0.5) is 0 Å². The first kappa shape index (κ1) is 16.8. The van der Waals surface area contributed by atoms with Gasteiger partial charge in [-0.3, -0.25) is 9.80 Å². The van der Waals surface area contributed by atoms with E-state index < -0.39 is 0 Å². The average Bonchev–Trinajstić information content (AvgIpc) is 2.72. The summed E-state index contributed by atoms with van der Waals surface area (Å²) in [5.41, 5.74) is 0. The highest BCUT2D eigenvalue weighted by molar-refractivity contribution is 8.93. The van der Waals surface area contributed by atoms with Crippen molar-refractivity contribution in [2.24, 2.45) is 0 Å². The fraction of sp³-hybridized carbons (Fsp3) is 1.00. The molecule has 0 bridgehead atoms. The minimum absolute atomic E-state index is 0. The fourth-order valence-corrected chi connectivity index (χ4v) is 2.44. The highest BCUT2D eigenvalue weighted by Crippen LogP contribution is 2.11. The van der Waals surface area contributed by atoms with Crippen molar-refractivity contribution in [1.82, 2.24) is 15.1 Å². The van der Waals surface area contributed by atoms with E-state index in [0.717, 1.165) is 25.7 Å². The van der Waals surface area contributed by atoms with Crippen LogP contribution in [0.1, 0.15) is 6.42 Å². The van der Waals surface area contributed by atoms with Crippen LogP contribution in [0.2, 0.25) is 0 Å². The summed E-state index contributed by atoms with van der Waals surface area (Å²) < 4.78 is 0. The Balaban J connectivity index is 0.00000112. The molecule has 2 saturated heterocycles. The molecule has 2 rings (SSSR count). The van der Waals surface area contributed by atoms with E-state index >= 15 is 0 Å². The lowest BCUT2D eigenvalue weighted by molar-refractivity contribution is 0.0891. The van der Waals surface area contributed by atoms with E-state index in [4.69, 9.17) is 5.11 Å². The molecule has 2 fully saturated rings. The first-order chi connectivity index (χ1) is 6.90. The van der Waals surface area contributed by atoms with Gasteiger partial charge in [-0.25, -0.2) is 0 Å². The SMILES string of the molecule is Br.Br.OCCN1CCN([C@H]2CCNC2)CC1. The maximum absolute atomic E-state index is 8.83. The molecule has 2 aliphatic rings. The molecule has 2 heterocycles. The maximum atomic E-state index is 8.83. The summed E-state index contributed by atoms with van der Waals surface area (Å²) in [6.07, 6.45) is 1.31. The van der Waals surface area contributed by atoms with Gasteiger partial charge in [0.05, 0.1) is 6.61 Å². The summed E-state index contributed by atoms with van der Waals surface area (Å²) in [5, 5.41) is 12.2. The Morgan fingerprint density at radius 2 is 1.81 bits per heavy atom. The number of aliphatic hydroxyl groups excluding tert-OH is 1. The number of rotatable bonds is 3. The molecular formula is C10H23Br2N3O. The molecule has 0 aromatic heterocycles. The molecule has 98 valence electrons. The van der Waals surface area contributed by atoms with Gasteiger partial charge < -0.3 is 10.4 Å². The number of nitrogens with zero attached hydrogens (tertiary/aromatic N) is 2. The van der Waals surface area contributed by atoms with Crippen molar-refractivity contribution in [3.05, 3.63) is 0 Å². The number of halogens is 2. The van der Waals surface area contributed by atoms with Crippen LogP contribution in [0.15, 0.2) is 0 Å². The van der Waals surface area contributed by atoms with Crippen molar-refractivity contribution in [2.75, 3.05) is 52.4 Å². The first-order valence-electron chi connectivity index (χ1n) is 5.68. The number of nitrogens with one attached hydrogen (secondary N) is 1. The summed E-state index contributed by atoms with van der Waals surface area (Å²) in [6, 6.07) is 0.770. The number of aliphatic hydroxyl groups is 1. The molecule has 0 aromatic carbocycles. The van der Waals surface area contributed by atoms with Gasteiger partial charge in [-0.2, -0.15) is 0 Å². The van der Waals surface area contributed by atoms with Crippen LogP contribution in [-0.2, 0) is 0 Å². The highest BCUT2D eigenvalue weighted by Gasteiger charge is 2.25. The van der Waals surface area contributed by atoms with Crippen molar-refractivity contribution in [1.29, 1.82) is 0 Å². The summed E-state index contributed by atoms with van der Waals surface area (Å²) in [4.78, 5) is 4.94. The average molecular weight is 361 g/mol. The fourth-order valence-electron chi connectivity index (χ4n) is 2.44. The zero-order valence-corrected chi connectivity index (χ0v) is 13.0. The third kappa shape index (κ3) is 4.58. The summed E-state index contributed by atoms with van der Waals surface area (Å²) in [7, 11) is 0. The zero-order valence-electron chi connectivity index (χ0n) is 9.60. The largest absolute Gasteiger partial charge is 0.395 e. The second-order valence-corrected chi connectivity index (χ2v) is 4.25. The predicted molar refractivity (Wildman–Crippen MR) is 77.0 cm³/mol. The minimum Gasteiger partial charge on any atom is -0.395 e. The summed E-state index contributed by atoms with van der Waals surface area (Å²) >= 11 is 0. The second-order valence-electron chi connectivity index (χ2n) is 4.25. The van der Waals surface area contributed by atoms with Crippen molar-refractivity contribution >= 4 is 34.0 Å². The lowest BCUT2D eigenvalue weighted by Crippen LogP contribution is -2.51. The molecule has 0 saturated carbocycles. The summed E-state index contributed by atoms with van der Waals surface area (Å²) in [5.74, 6) is 0. The van der Waals surface area contributed by atoms with Crippen LogP contribution in [0.3, 0.4) is 0 Å². The number of hydrogen-bond acceptors (Lipinski definition) is 4. The van der Waals surface area contributed by atoms with Gasteiger partial charge in [0, 0.05) is 45.3 Å². The molecule has 2 N–H and O–H groups in total. The molecule has 0 unspecified atom stereocenters. The van der Waals surface area contributed by atoms with E-state index in [-0.39, 0.29) is 34.0 Å². The van der Waals surface area contributed by atoms with E-state index in [1.165, 1.54) is 32.6 Å². The Labute approximate surface area is 119 Å². The Kier molecular flexibility index (Phi) is 9.27.